The van der Waals surface area contributed by atoms with Crippen LogP contribution in [-0.2, 0) is 0 Å². The molecule has 0 radical (unpaired) electrons. The first-order valence-electron chi connectivity index (χ1n) is 7.05. The number of halogens is 1. The van der Waals surface area contributed by atoms with Gasteiger partial charge < -0.3 is 10.8 Å². The Labute approximate surface area is 123 Å². The Kier molecular flexibility index (Phi) is 5.39. The Balaban J connectivity index is 2.18. The fraction of sp³-hybridized carbons (Fsp3) is 0.600. The summed E-state index contributed by atoms with van der Waals surface area (Å²) in [5.74, 6) is 0. The average Bonchev–Trinajstić information content (AvgIpc) is 2.43. The zero-order chi connectivity index (χ0) is 13.8. The zero-order valence-electron chi connectivity index (χ0n) is 11.4. The first-order chi connectivity index (χ1) is 9.11. The molecular weight excluding hydrogens is 304 g/mol. The van der Waals surface area contributed by atoms with Gasteiger partial charge in [0.05, 0.1) is 6.10 Å². The van der Waals surface area contributed by atoms with Crippen LogP contribution >= 0.6 is 15.9 Å². The SMILES string of the molecule is CCC(N)C(c1ccc(Br)cc1)N1CCC(O)CC1. The van der Waals surface area contributed by atoms with Gasteiger partial charge >= 0.3 is 0 Å². The summed E-state index contributed by atoms with van der Waals surface area (Å²) in [5.41, 5.74) is 7.61. The second-order valence-corrected chi connectivity index (χ2v) is 6.25. The molecule has 2 atom stereocenters. The molecule has 106 valence electrons. The van der Waals surface area contributed by atoms with Gasteiger partial charge in [-0.05, 0) is 37.0 Å². The number of piperidine rings is 1. The van der Waals surface area contributed by atoms with Crippen molar-refractivity contribution in [3.63, 3.8) is 0 Å². The van der Waals surface area contributed by atoms with Crippen LogP contribution in [0, 0.1) is 0 Å². The third-order valence-corrected chi connectivity index (χ3v) is 4.51. The van der Waals surface area contributed by atoms with Crippen LogP contribution in [0.25, 0.3) is 0 Å². The lowest BCUT2D eigenvalue weighted by atomic mass is 9.94. The molecule has 1 saturated heterocycles. The summed E-state index contributed by atoms with van der Waals surface area (Å²) < 4.78 is 1.09. The maximum absolute atomic E-state index is 9.65. The van der Waals surface area contributed by atoms with Crippen LogP contribution < -0.4 is 5.73 Å². The van der Waals surface area contributed by atoms with Crippen molar-refractivity contribution >= 4 is 15.9 Å². The predicted molar refractivity (Wildman–Crippen MR) is 82.0 cm³/mol. The van der Waals surface area contributed by atoms with E-state index in [2.05, 4.69) is 52.0 Å². The van der Waals surface area contributed by atoms with Crippen molar-refractivity contribution in [2.24, 2.45) is 5.73 Å². The summed E-state index contributed by atoms with van der Waals surface area (Å²) in [7, 11) is 0. The van der Waals surface area contributed by atoms with E-state index in [9.17, 15) is 5.11 Å². The van der Waals surface area contributed by atoms with Crippen LogP contribution in [0.15, 0.2) is 28.7 Å². The molecule has 0 amide bonds. The van der Waals surface area contributed by atoms with Crippen molar-refractivity contribution in [3.8, 4) is 0 Å². The number of benzene rings is 1. The van der Waals surface area contributed by atoms with Gasteiger partial charge in [-0.2, -0.15) is 0 Å². The van der Waals surface area contributed by atoms with Gasteiger partial charge in [0.1, 0.15) is 0 Å². The molecule has 19 heavy (non-hydrogen) atoms. The third kappa shape index (κ3) is 3.78. The molecule has 4 heteroatoms. The highest BCUT2D eigenvalue weighted by Crippen LogP contribution is 2.29. The molecule has 3 nitrogen and oxygen atoms in total. The molecule has 0 aliphatic carbocycles. The van der Waals surface area contributed by atoms with Crippen LogP contribution in [0.1, 0.15) is 37.8 Å². The van der Waals surface area contributed by atoms with E-state index in [4.69, 9.17) is 5.73 Å². The molecule has 1 aliphatic heterocycles. The summed E-state index contributed by atoms with van der Waals surface area (Å²) in [4.78, 5) is 2.42. The zero-order valence-corrected chi connectivity index (χ0v) is 13.0. The topological polar surface area (TPSA) is 49.5 Å². The first-order valence-corrected chi connectivity index (χ1v) is 7.84. The predicted octanol–water partition coefficient (Wildman–Crippen LogP) is 2.68. The van der Waals surface area contributed by atoms with Crippen LogP contribution in [0.4, 0.5) is 0 Å². The van der Waals surface area contributed by atoms with E-state index in [1.54, 1.807) is 0 Å². The third-order valence-electron chi connectivity index (χ3n) is 3.98. The van der Waals surface area contributed by atoms with E-state index in [-0.39, 0.29) is 18.2 Å². The highest BCUT2D eigenvalue weighted by atomic mass is 79.9. The number of aliphatic hydroxyl groups is 1. The number of rotatable bonds is 4. The van der Waals surface area contributed by atoms with Crippen molar-refractivity contribution in [1.82, 2.24) is 4.90 Å². The Morgan fingerprint density at radius 3 is 2.42 bits per heavy atom. The second-order valence-electron chi connectivity index (χ2n) is 5.34. The number of nitrogens with two attached hydrogens (primary N) is 1. The Bertz CT molecular complexity index is 388. The van der Waals surface area contributed by atoms with Gasteiger partial charge in [0, 0.05) is 29.6 Å². The summed E-state index contributed by atoms with van der Waals surface area (Å²) in [5, 5.41) is 9.65. The lowest BCUT2D eigenvalue weighted by molar-refractivity contribution is 0.0529. The monoisotopic (exact) mass is 326 g/mol. The molecule has 1 fully saturated rings. The first kappa shape index (κ1) is 15.0. The molecule has 1 aliphatic rings. The normalized spacial score (nSPS) is 21.3. The van der Waals surface area contributed by atoms with Crippen molar-refractivity contribution in [2.45, 2.75) is 44.4 Å². The fourth-order valence-electron chi connectivity index (χ4n) is 2.78. The number of hydrogen-bond acceptors (Lipinski definition) is 3. The van der Waals surface area contributed by atoms with Gasteiger partial charge in [0.15, 0.2) is 0 Å². The van der Waals surface area contributed by atoms with E-state index < -0.39 is 0 Å². The summed E-state index contributed by atoms with van der Waals surface area (Å²) in [6.07, 6.45) is 2.52. The van der Waals surface area contributed by atoms with Crippen LogP contribution in [0.5, 0.6) is 0 Å². The molecule has 2 rings (SSSR count). The highest BCUT2D eigenvalue weighted by molar-refractivity contribution is 9.10. The Morgan fingerprint density at radius 2 is 1.89 bits per heavy atom. The molecule has 1 heterocycles. The van der Waals surface area contributed by atoms with Gasteiger partial charge in [-0.1, -0.05) is 35.0 Å². The number of aliphatic hydroxyl groups excluding tert-OH is 1. The minimum atomic E-state index is -0.139. The Hall–Kier alpha value is -0.420. The van der Waals surface area contributed by atoms with Gasteiger partial charge in [-0.3, -0.25) is 4.90 Å². The van der Waals surface area contributed by atoms with Crippen LogP contribution in [-0.4, -0.2) is 35.2 Å². The van der Waals surface area contributed by atoms with Crippen LogP contribution in [0.2, 0.25) is 0 Å². The standard InChI is InChI=1S/C15H23BrN2O/c1-2-14(17)15(11-3-5-12(16)6-4-11)18-9-7-13(19)8-10-18/h3-6,13-15,19H,2,7-10,17H2,1H3. The molecule has 0 saturated carbocycles. The summed E-state index contributed by atoms with van der Waals surface area (Å²) >= 11 is 3.47. The maximum atomic E-state index is 9.65. The number of likely N-dealkylation sites (tertiary alicyclic amines) is 1. The molecule has 2 unspecified atom stereocenters. The molecular formula is C15H23BrN2O. The quantitative estimate of drug-likeness (QED) is 0.894. The van der Waals surface area contributed by atoms with Crippen molar-refractivity contribution in [3.05, 3.63) is 34.3 Å². The largest absolute Gasteiger partial charge is 0.393 e. The smallest absolute Gasteiger partial charge is 0.0564 e. The van der Waals surface area contributed by atoms with Crippen molar-refractivity contribution in [1.29, 1.82) is 0 Å². The van der Waals surface area contributed by atoms with E-state index in [0.29, 0.717) is 0 Å². The van der Waals surface area contributed by atoms with E-state index in [1.165, 1.54) is 5.56 Å². The molecule has 1 aromatic carbocycles. The van der Waals surface area contributed by atoms with E-state index >= 15 is 0 Å². The number of hydrogen-bond donors (Lipinski definition) is 2. The Morgan fingerprint density at radius 1 is 1.32 bits per heavy atom. The molecule has 1 aromatic rings. The maximum Gasteiger partial charge on any atom is 0.0564 e. The minimum Gasteiger partial charge on any atom is -0.393 e. The molecule has 0 aromatic heterocycles. The molecule has 0 bridgehead atoms. The summed E-state index contributed by atoms with van der Waals surface area (Å²) in [6, 6.07) is 8.83. The molecule has 0 spiro atoms. The lowest BCUT2D eigenvalue weighted by Gasteiger charge is -2.39. The lowest BCUT2D eigenvalue weighted by Crippen LogP contribution is -2.45. The fourth-order valence-corrected chi connectivity index (χ4v) is 3.04. The second kappa shape index (κ2) is 6.84. The van der Waals surface area contributed by atoms with E-state index in [0.717, 1.165) is 36.8 Å². The summed E-state index contributed by atoms with van der Waals surface area (Å²) in [6.45, 7) is 3.99. The minimum absolute atomic E-state index is 0.136. The highest BCUT2D eigenvalue weighted by Gasteiger charge is 2.28. The van der Waals surface area contributed by atoms with Gasteiger partial charge in [-0.15, -0.1) is 0 Å². The molecule has 3 N–H and O–H groups in total. The average molecular weight is 327 g/mol. The van der Waals surface area contributed by atoms with Gasteiger partial charge in [0.2, 0.25) is 0 Å². The van der Waals surface area contributed by atoms with E-state index in [1.807, 2.05) is 0 Å². The number of nitrogens with zero attached hydrogens (tertiary/aromatic N) is 1. The van der Waals surface area contributed by atoms with Crippen molar-refractivity contribution in [2.75, 3.05) is 13.1 Å². The van der Waals surface area contributed by atoms with Gasteiger partial charge in [0.25, 0.3) is 0 Å². The van der Waals surface area contributed by atoms with Crippen molar-refractivity contribution < 1.29 is 5.11 Å². The van der Waals surface area contributed by atoms with Crippen LogP contribution in [0.3, 0.4) is 0 Å². The van der Waals surface area contributed by atoms with Gasteiger partial charge in [-0.25, -0.2) is 0 Å².